The highest BCUT2D eigenvalue weighted by Gasteiger charge is 2.39. The number of amides is 1. The van der Waals surface area contributed by atoms with Crippen molar-refractivity contribution in [2.45, 2.75) is 44.2 Å². The number of nitrogens with zero attached hydrogens (tertiary/aromatic N) is 3. The lowest BCUT2D eigenvalue weighted by Crippen LogP contribution is -2.50. The third-order valence-corrected chi connectivity index (χ3v) is 5.44. The molecule has 2 aliphatic rings. The van der Waals surface area contributed by atoms with Crippen LogP contribution in [0.4, 0.5) is 0 Å². The molecule has 28 heavy (non-hydrogen) atoms. The third-order valence-electron chi connectivity index (χ3n) is 5.44. The van der Waals surface area contributed by atoms with Gasteiger partial charge in [0.1, 0.15) is 0 Å². The summed E-state index contributed by atoms with van der Waals surface area (Å²) in [5.74, 6) is 1.70. The molecule has 0 radical (unpaired) electrons. The molecule has 6 nitrogen and oxygen atoms in total. The van der Waals surface area contributed by atoms with Gasteiger partial charge in [-0.1, -0.05) is 30.3 Å². The van der Waals surface area contributed by atoms with Crippen molar-refractivity contribution in [2.75, 3.05) is 40.3 Å². The Bertz CT molecular complexity index is 643. The minimum absolute atomic E-state index is 0. The van der Waals surface area contributed by atoms with E-state index in [1.165, 1.54) is 12.0 Å². The van der Waals surface area contributed by atoms with Crippen LogP contribution in [0.2, 0.25) is 0 Å². The van der Waals surface area contributed by atoms with Gasteiger partial charge in [0, 0.05) is 51.7 Å². The molecule has 1 aliphatic heterocycles. The molecule has 2 unspecified atom stereocenters. The molecule has 0 aromatic heterocycles. The Hall–Kier alpha value is -1.35. The zero-order valence-electron chi connectivity index (χ0n) is 17.2. The second kappa shape index (κ2) is 11.0. The maximum atomic E-state index is 11.9. The highest BCUT2D eigenvalue weighted by molar-refractivity contribution is 14.0. The predicted octanol–water partition coefficient (Wildman–Crippen LogP) is 2.27. The minimum atomic E-state index is 0. The summed E-state index contributed by atoms with van der Waals surface area (Å²) in [4.78, 5) is 20.4. The highest BCUT2D eigenvalue weighted by atomic mass is 127. The standard InChI is InChI=1S/C21H33N5O.HI/c1-4-22-21(24-19-14-18(19)16-8-6-5-7-9-16)23-17-10-12-26(13-11-17)15-20(27)25(2)3;/h5-9,17-19H,4,10-15H2,1-3H3,(H2,22,23,24);1H. The van der Waals surface area contributed by atoms with E-state index in [1.54, 1.807) is 4.90 Å². The van der Waals surface area contributed by atoms with E-state index in [1.807, 2.05) is 14.1 Å². The number of nitrogens with one attached hydrogen (secondary N) is 2. The number of halogens is 1. The van der Waals surface area contributed by atoms with E-state index in [2.05, 4.69) is 57.8 Å². The molecule has 1 amide bonds. The maximum absolute atomic E-state index is 11.9. The second-order valence-corrected chi connectivity index (χ2v) is 7.81. The zero-order chi connectivity index (χ0) is 19.2. The lowest BCUT2D eigenvalue weighted by Gasteiger charge is -2.33. The fourth-order valence-electron chi connectivity index (χ4n) is 3.65. The summed E-state index contributed by atoms with van der Waals surface area (Å²) < 4.78 is 0. The minimum Gasteiger partial charge on any atom is -0.354 e. The fourth-order valence-corrected chi connectivity index (χ4v) is 3.65. The van der Waals surface area contributed by atoms with Gasteiger partial charge in [0.2, 0.25) is 5.91 Å². The van der Waals surface area contributed by atoms with E-state index in [-0.39, 0.29) is 29.9 Å². The van der Waals surface area contributed by atoms with E-state index in [4.69, 9.17) is 0 Å². The first-order valence-corrected chi connectivity index (χ1v) is 10.1. The van der Waals surface area contributed by atoms with Crippen LogP contribution in [-0.2, 0) is 4.79 Å². The van der Waals surface area contributed by atoms with Gasteiger partial charge in [0.15, 0.2) is 5.96 Å². The fraction of sp³-hybridized carbons (Fsp3) is 0.619. The lowest BCUT2D eigenvalue weighted by molar-refractivity contribution is -0.130. The number of aliphatic imine (C=N–C) groups is 1. The van der Waals surface area contributed by atoms with E-state index in [0.29, 0.717) is 24.5 Å². The van der Waals surface area contributed by atoms with Crippen molar-refractivity contribution in [3.05, 3.63) is 35.9 Å². The number of benzene rings is 1. The molecule has 2 N–H and O–H groups in total. The van der Waals surface area contributed by atoms with Gasteiger partial charge in [-0.2, -0.15) is 0 Å². The van der Waals surface area contributed by atoms with Gasteiger partial charge < -0.3 is 15.5 Å². The molecule has 1 aromatic rings. The molecule has 2 fully saturated rings. The molecule has 1 saturated carbocycles. The smallest absolute Gasteiger partial charge is 0.236 e. The molecule has 1 aliphatic carbocycles. The lowest BCUT2D eigenvalue weighted by atomic mass is 10.1. The first kappa shape index (κ1) is 22.9. The molecule has 156 valence electrons. The average molecular weight is 499 g/mol. The van der Waals surface area contributed by atoms with Crippen molar-refractivity contribution < 1.29 is 4.79 Å². The number of likely N-dealkylation sites (N-methyl/N-ethyl adjacent to an activating group) is 1. The molecule has 1 heterocycles. The number of hydrogen-bond donors (Lipinski definition) is 2. The second-order valence-electron chi connectivity index (χ2n) is 7.81. The number of likely N-dealkylation sites (tertiary alicyclic amines) is 1. The Balaban J connectivity index is 0.00000280. The summed E-state index contributed by atoms with van der Waals surface area (Å²) in [7, 11) is 3.63. The van der Waals surface area contributed by atoms with Crippen LogP contribution in [0.25, 0.3) is 0 Å². The van der Waals surface area contributed by atoms with Crippen LogP contribution in [0.5, 0.6) is 0 Å². The molecular weight excluding hydrogens is 465 g/mol. The summed E-state index contributed by atoms with van der Waals surface area (Å²) in [5.41, 5.74) is 1.41. The Labute approximate surface area is 186 Å². The summed E-state index contributed by atoms with van der Waals surface area (Å²) in [6.07, 6.45) is 3.25. The van der Waals surface area contributed by atoms with Crippen LogP contribution in [0.3, 0.4) is 0 Å². The molecule has 3 rings (SSSR count). The number of guanidine groups is 1. The quantitative estimate of drug-likeness (QED) is 0.358. The van der Waals surface area contributed by atoms with Crippen LogP contribution < -0.4 is 10.6 Å². The molecule has 2 atom stereocenters. The van der Waals surface area contributed by atoms with E-state index < -0.39 is 0 Å². The average Bonchev–Trinajstić information content (AvgIpc) is 3.43. The van der Waals surface area contributed by atoms with Gasteiger partial charge in [-0.25, -0.2) is 0 Å². The Kier molecular flexibility index (Phi) is 9.01. The zero-order valence-corrected chi connectivity index (χ0v) is 19.6. The first-order valence-electron chi connectivity index (χ1n) is 10.1. The van der Waals surface area contributed by atoms with Gasteiger partial charge >= 0.3 is 0 Å². The highest BCUT2D eigenvalue weighted by Crippen LogP contribution is 2.40. The van der Waals surface area contributed by atoms with Crippen LogP contribution in [0.15, 0.2) is 35.3 Å². The summed E-state index contributed by atoms with van der Waals surface area (Å²) in [6, 6.07) is 11.6. The summed E-state index contributed by atoms with van der Waals surface area (Å²) in [6.45, 7) is 5.27. The Morgan fingerprint density at radius 3 is 2.46 bits per heavy atom. The van der Waals surface area contributed by atoms with Gasteiger partial charge in [-0.15, -0.1) is 24.0 Å². The summed E-state index contributed by atoms with van der Waals surface area (Å²) >= 11 is 0. The van der Waals surface area contributed by atoms with Crippen LogP contribution in [-0.4, -0.2) is 74.0 Å². The Morgan fingerprint density at radius 1 is 1.18 bits per heavy atom. The number of rotatable bonds is 6. The van der Waals surface area contributed by atoms with E-state index in [0.717, 1.165) is 38.4 Å². The first-order chi connectivity index (χ1) is 13.1. The monoisotopic (exact) mass is 499 g/mol. The van der Waals surface area contributed by atoms with Crippen molar-refractivity contribution in [1.29, 1.82) is 0 Å². The summed E-state index contributed by atoms with van der Waals surface area (Å²) in [5, 5.41) is 7.22. The number of carbonyl (C=O) groups excluding carboxylic acids is 1. The molecule has 1 saturated heterocycles. The van der Waals surface area contributed by atoms with Crippen molar-refractivity contribution in [3.63, 3.8) is 0 Å². The number of hydrogen-bond acceptors (Lipinski definition) is 3. The van der Waals surface area contributed by atoms with Crippen LogP contribution in [0.1, 0.15) is 37.7 Å². The van der Waals surface area contributed by atoms with Crippen molar-refractivity contribution >= 4 is 35.8 Å². The van der Waals surface area contributed by atoms with Crippen molar-refractivity contribution in [2.24, 2.45) is 4.99 Å². The molecule has 1 aromatic carbocycles. The number of piperidine rings is 1. The molecule has 0 bridgehead atoms. The van der Waals surface area contributed by atoms with E-state index >= 15 is 0 Å². The molecule has 0 spiro atoms. The third kappa shape index (κ3) is 6.62. The van der Waals surface area contributed by atoms with Gasteiger partial charge in [0.25, 0.3) is 0 Å². The largest absolute Gasteiger partial charge is 0.354 e. The van der Waals surface area contributed by atoms with Crippen molar-refractivity contribution in [3.8, 4) is 0 Å². The predicted molar refractivity (Wildman–Crippen MR) is 125 cm³/mol. The SMILES string of the molecule is CCN=C(NC1CCN(CC(=O)N(C)C)CC1)NC1CC1c1ccccc1.I. The van der Waals surface area contributed by atoms with Gasteiger partial charge in [-0.3, -0.25) is 14.7 Å². The molecule has 7 heteroatoms. The number of carbonyl (C=O) groups is 1. The maximum Gasteiger partial charge on any atom is 0.236 e. The van der Waals surface area contributed by atoms with Crippen LogP contribution >= 0.6 is 24.0 Å². The van der Waals surface area contributed by atoms with E-state index in [9.17, 15) is 4.79 Å². The van der Waals surface area contributed by atoms with Crippen molar-refractivity contribution in [1.82, 2.24) is 20.4 Å². The Morgan fingerprint density at radius 2 is 1.86 bits per heavy atom. The van der Waals surface area contributed by atoms with Crippen LogP contribution in [0, 0.1) is 0 Å². The van der Waals surface area contributed by atoms with Gasteiger partial charge in [0.05, 0.1) is 6.54 Å². The molecular formula is C21H34IN5O. The normalized spacial score (nSPS) is 22.9. The van der Waals surface area contributed by atoms with Gasteiger partial charge in [-0.05, 0) is 31.7 Å². The topological polar surface area (TPSA) is 60.0 Å².